The number of hydrogen-bond acceptors (Lipinski definition) is 4. The van der Waals surface area contributed by atoms with Gasteiger partial charge in [-0.15, -0.1) is 0 Å². The van der Waals surface area contributed by atoms with E-state index in [1.54, 1.807) is 6.08 Å². The van der Waals surface area contributed by atoms with E-state index in [-0.39, 0.29) is 36.6 Å². The summed E-state index contributed by atoms with van der Waals surface area (Å²) in [5, 5.41) is 20.9. The first-order valence-corrected chi connectivity index (χ1v) is 13.0. The summed E-state index contributed by atoms with van der Waals surface area (Å²) in [5.41, 5.74) is 1.46. The van der Waals surface area contributed by atoms with Crippen LogP contribution < -0.4 is 4.74 Å². The average molecular weight is 470 g/mol. The molecule has 1 saturated carbocycles. The highest BCUT2D eigenvalue weighted by Crippen LogP contribution is 2.48. The van der Waals surface area contributed by atoms with Crippen molar-refractivity contribution in [2.24, 2.45) is 17.8 Å². The summed E-state index contributed by atoms with van der Waals surface area (Å²) >= 11 is 0. The van der Waals surface area contributed by atoms with Gasteiger partial charge in [0.2, 0.25) is 5.91 Å². The van der Waals surface area contributed by atoms with Crippen LogP contribution in [-0.2, 0) is 4.79 Å². The number of aliphatic hydroxyl groups excluding tert-OH is 2. The number of unbranched alkanes of at least 4 members (excludes halogenated alkanes) is 1. The van der Waals surface area contributed by atoms with E-state index < -0.39 is 6.10 Å². The number of fused-ring (bicyclic) bond motifs is 1. The number of carbonyl (C=O) groups excluding carboxylic acids is 1. The molecule has 0 saturated heterocycles. The Morgan fingerprint density at radius 1 is 1.15 bits per heavy atom. The molecule has 188 valence electrons. The summed E-state index contributed by atoms with van der Waals surface area (Å²) in [6.45, 7) is 8.51. The number of carbonyl (C=O) groups is 1. The van der Waals surface area contributed by atoms with Crippen molar-refractivity contribution in [2.75, 3.05) is 6.61 Å². The van der Waals surface area contributed by atoms with Crippen LogP contribution in [0.2, 0.25) is 0 Å². The molecule has 1 fully saturated rings. The molecule has 0 spiro atoms. The second-order valence-corrected chi connectivity index (χ2v) is 10.5. The van der Waals surface area contributed by atoms with Gasteiger partial charge in [-0.1, -0.05) is 42.0 Å². The molecular formula is C29H43NO4. The van der Waals surface area contributed by atoms with Crippen molar-refractivity contribution in [3.05, 3.63) is 54.1 Å². The predicted molar refractivity (Wildman–Crippen MR) is 136 cm³/mol. The minimum absolute atomic E-state index is 0.0670. The van der Waals surface area contributed by atoms with Gasteiger partial charge >= 0.3 is 0 Å². The van der Waals surface area contributed by atoms with E-state index in [9.17, 15) is 15.0 Å². The molecule has 2 aliphatic rings. The molecule has 0 heterocycles. The Balaban J connectivity index is 1.42. The van der Waals surface area contributed by atoms with Crippen LogP contribution in [0.15, 0.2) is 54.1 Å². The fourth-order valence-corrected chi connectivity index (χ4v) is 5.73. The minimum Gasteiger partial charge on any atom is -0.491 e. The van der Waals surface area contributed by atoms with Crippen molar-refractivity contribution in [3.63, 3.8) is 0 Å². The number of benzene rings is 1. The maximum Gasteiger partial charge on any atom is 0.223 e. The van der Waals surface area contributed by atoms with Crippen molar-refractivity contribution < 1.29 is 19.7 Å². The molecule has 3 rings (SSSR count). The van der Waals surface area contributed by atoms with Crippen molar-refractivity contribution in [1.82, 2.24) is 4.90 Å². The number of para-hydroxylation sites is 1. The van der Waals surface area contributed by atoms with Gasteiger partial charge in [0, 0.05) is 24.4 Å². The maximum atomic E-state index is 12.6. The first-order valence-electron chi connectivity index (χ1n) is 13.0. The fourth-order valence-electron chi connectivity index (χ4n) is 5.73. The van der Waals surface area contributed by atoms with Crippen LogP contribution in [-0.4, -0.2) is 51.9 Å². The number of ether oxygens (including phenoxy) is 1. The van der Waals surface area contributed by atoms with Crippen molar-refractivity contribution >= 4 is 5.91 Å². The second-order valence-electron chi connectivity index (χ2n) is 10.5. The molecule has 0 unspecified atom stereocenters. The maximum absolute atomic E-state index is 12.6. The number of rotatable bonds is 12. The Bertz CT molecular complexity index is 824. The zero-order valence-corrected chi connectivity index (χ0v) is 21.3. The lowest BCUT2D eigenvalue weighted by molar-refractivity contribution is -0.134. The zero-order chi connectivity index (χ0) is 24.7. The van der Waals surface area contributed by atoms with E-state index in [1.165, 1.54) is 5.57 Å². The molecular weight excluding hydrogens is 426 g/mol. The highest BCUT2D eigenvalue weighted by atomic mass is 16.5. The van der Waals surface area contributed by atoms with Crippen molar-refractivity contribution in [2.45, 2.75) is 90.5 Å². The molecule has 1 aromatic carbocycles. The highest BCUT2D eigenvalue weighted by Gasteiger charge is 2.43. The molecule has 5 nitrogen and oxygen atoms in total. The zero-order valence-electron chi connectivity index (χ0n) is 21.3. The summed E-state index contributed by atoms with van der Waals surface area (Å²) < 4.78 is 5.62. The van der Waals surface area contributed by atoms with Crippen LogP contribution in [0, 0.1) is 17.8 Å². The topological polar surface area (TPSA) is 70.0 Å². The summed E-state index contributed by atoms with van der Waals surface area (Å²) in [5.74, 6) is 1.88. The summed E-state index contributed by atoms with van der Waals surface area (Å²) in [4.78, 5) is 14.5. The molecule has 0 radical (unpaired) electrons. The number of aliphatic hydroxyl groups is 2. The molecule has 5 atom stereocenters. The standard InChI is InChI=1S/C29H43NO4/c1-20(2)30(21(3)4)29(33)13-9-8-10-22-16-23-18-28(32)26(27(23)17-22)15-14-24(31)19-34-25-11-6-5-7-12-25/h5-7,11-12,14-16,20-21,23-24,26-28,31-32H,8-10,13,17-19H2,1-4H3/b15-14+/t23-,24+,26+,27-,28+/m0/s1. The van der Waals surface area contributed by atoms with Gasteiger partial charge in [0.1, 0.15) is 18.5 Å². The number of hydrogen-bond donors (Lipinski definition) is 2. The predicted octanol–water partition coefficient (Wildman–Crippen LogP) is 5.13. The minimum atomic E-state index is -0.700. The first kappa shape index (κ1) is 26.5. The number of nitrogens with zero attached hydrogens (tertiary/aromatic N) is 1. The molecule has 2 N–H and O–H groups in total. The Hall–Kier alpha value is -2.11. The monoisotopic (exact) mass is 469 g/mol. The van der Waals surface area contributed by atoms with Crippen LogP contribution in [0.25, 0.3) is 0 Å². The first-order chi connectivity index (χ1) is 16.3. The van der Waals surface area contributed by atoms with Crippen LogP contribution in [0.1, 0.15) is 66.2 Å². The Kier molecular flexibility index (Phi) is 9.78. The van der Waals surface area contributed by atoms with Crippen LogP contribution in [0.5, 0.6) is 5.75 Å². The van der Waals surface area contributed by atoms with Gasteiger partial charge in [-0.05, 0) is 83.8 Å². The van der Waals surface area contributed by atoms with E-state index in [0.717, 1.165) is 37.9 Å². The molecule has 1 amide bonds. The van der Waals surface area contributed by atoms with Gasteiger partial charge in [0.05, 0.1) is 6.10 Å². The highest BCUT2D eigenvalue weighted by molar-refractivity contribution is 5.76. The van der Waals surface area contributed by atoms with Crippen molar-refractivity contribution in [1.29, 1.82) is 0 Å². The largest absolute Gasteiger partial charge is 0.491 e. The molecule has 1 aromatic rings. The summed E-state index contributed by atoms with van der Waals surface area (Å²) in [6, 6.07) is 9.95. The van der Waals surface area contributed by atoms with Gasteiger partial charge in [-0.2, -0.15) is 0 Å². The van der Waals surface area contributed by atoms with E-state index in [1.807, 2.05) is 41.3 Å². The second kappa shape index (κ2) is 12.6. The van der Waals surface area contributed by atoms with Gasteiger partial charge in [0.25, 0.3) is 0 Å². The molecule has 2 aliphatic carbocycles. The summed E-state index contributed by atoms with van der Waals surface area (Å²) in [7, 11) is 0. The van der Waals surface area contributed by atoms with Gasteiger partial charge in [-0.25, -0.2) is 0 Å². The Morgan fingerprint density at radius 2 is 1.85 bits per heavy atom. The molecule has 0 bridgehead atoms. The van der Waals surface area contributed by atoms with E-state index in [2.05, 4.69) is 33.8 Å². The number of amides is 1. The molecule has 5 heteroatoms. The van der Waals surface area contributed by atoms with Crippen LogP contribution >= 0.6 is 0 Å². The van der Waals surface area contributed by atoms with Crippen LogP contribution in [0.4, 0.5) is 0 Å². The lowest BCUT2D eigenvalue weighted by Gasteiger charge is -2.30. The quantitative estimate of drug-likeness (QED) is 0.329. The lowest BCUT2D eigenvalue weighted by Crippen LogP contribution is -2.41. The van der Waals surface area contributed by atoms with Gasteiger partial charge < -0.3 is 19.8 Å². The smallest absolute Gasteiger partial charge is 0.223 e. The van der Waals surface area contributed by atoms with Crippen LogP contribution in [0.3, 0.4) is 0 Å². The molecule has 34 heavy (non-hydrogen) atoms. The third-order valence-electron chi connectivity index (χ3n) is 7.21. The molecule has 0 aliphatic heterocycles. The Morgan fingerprint density at radius 3 is 2.53 bits per heavy atom. The van der Waals surface area contributed by atoms with E-state index in [4.69, 9.17) is 4.74 Å². The van der Waals surface area contributed by atoms with Crippen molar-refractivity contribution in [3.8, 4) is 5.75 Å². The SMILES string of the molecule is CC(C)N(C(=O)CCCCC1=C[C@H]2C[C@@H](O)[C@H](/C=C/[C@@H](O)COc3ccccc3)[C@H]2C1)C(C)C. The average Bonchev–Trinajstić information content (AvgIpc) is 3.30. The Labute approximate surface area is 205 Å². The van der Waals surface area contributed by atoms with Gasteiger partial charge in [0.15, 0.2) is 0 Å². The fraction of sp³-hybridized carbons (Fsp3) is 0.621. The third-order valence-corrected chi connectivity index (χ3v) is 7.21. The third kappa shape index (κ3) is 7.19. The molecule has 0 aromatic heterocycles. The van der Waals surface area contributed by atoms with E-state index in [0.29, 0.717) is 18.3 Å². The van der Waals surface area contributed by atoms with Gasteiger partial charge in [-0.3, -0.25) is 4.79 Å². The summed E-state index contributed by atoms with van der Waals surface area (Å²) in [6.07, 6.45) is 10.5. The lowest BCUT2D eigenvalue weighted by atomic mass is 9.88. The number of allylic oxidation sites excluding steroid dienone is 2. The normalized spacial score (nSPS) is 25.1. The van der Waals surface area contributed by atoms with E-state index >= 15 is 0 Å².